The summed E-state index contributed by atoms with van der Waals surface area (Å²) in [6.07, 6.45) is 3.23. The summed E-state index contributed by atoms with van der Waals surface area (Å²) < 4.78 is 0. The van der Waals surface area contributed by atoms with Gasteiger partial charge < -0.3 is 5.73 Å². The van der Waals surface area contributed by atoms with Crippen molar-refractivity contribution >= 4 is 17.3 Å². The van der Waals surface area contributed by atoms with Crippen LogP contribution in [0.5, 0.6) is 0 Å². The minimum absolute atomic E-state index is 0.542. The highest BCUT2D eigenvalue weighted by Gasteiger charge is 2.06. The van der Waals surface area contributed by atoms with E-state index >= 15 is 0 Å². The number of rotatable bonds is 6. The van der Waals surface area contributed by atoms with Crippen LogP contribution in [0.15, 0.2) is 35.2 Å². The summed E-state index contributed by atoms with van der Waals surface area (Å²) in [5.74, 6) is 0.542. The molecule has 0 atom stereocenters. The van der Waals surface area contributed by atoms with Crippen LogP contribution in [0, 0.1) is 5.92 Å². The maximum atomic E-state index is 5.59. The third kappa shape index (κ3) is 4.87. The lowest BCUT2D eigenvalue weighted by molar-refractivity contribution is 0.846. The second kappa shape index (κ2) is 7.65. The van der Waals surface area contributed by atoms with E-state index in [4.69, 9.17) is 5.73 Å². The predicted molar refractivity (Wildman–Crippen MR) is 83.9 cm³/mol. The fourth-order valence-corrected chi connectivity index (χ4v) is 2.76. The Bertz CT molecular complexity index is 377. The average molecular weight is 263 g/mol. The maximum absolute atomic E-state index is 5.59. The molecular formula is C16H25NS. The number of thioether (sulfide) groups is 1. The van der Waals surface area contributed by atoms with Crippen molar-refractivity contribution in [2.45, 2.75) is 44.3 Å². The summed E-state index contributed by atoms with van der Waals surface area (Å²) in [6.45, 7) is 9.63. The third-order valence-corrected chi connectivity index (χ3v) is 3.73. The molecule has 0 saturated carbocycles. The van der Waals surface area contributed by atoms with E-state index in [2.05, 4.69) is 58.0 Å². The number of hydrogen-bond donors (Lipinski definition) is 1. The molecule has 100 valence electrons. The first-order chi connectivity index (χ1) is 8.54. The second-order valence-electron chi connectivity index (χ2n) is 5.08. The molecule has 0 bridgehead atoms. The van der Waals surface area contributed by atoms with Crippen LogP contribution in [0.2, 0.25) is 0 Å². The van der Waals surface area contributed by atoms with Crippen LogP contribution in [0.4, 0.5) is 0 Å². The number of benzene rings is 1. The van der Waals surface area contributed by atoms with E-state index in [0.717, 1.165) is 13.0 Å². The molecule has 1 rings (SSSR count). The molecule has 0 fully saturated rings. The predicted octanol–water partition coefficient (Wildman–Crippen LogP) is 4.58. The summed E-state index contributed by atoms with van der Waals surface area (Å²) in [6, 6.07) is 8.90. The fourth-order valence-electron chi connectivity index (χ4n) is 1.92. The van der Waals surface area contributed by atoms with Gasteiger partial charge >= 0.3 is 0 Å². The van der Waals surface area contributed by atoms with Gasteiger partial charge in [0.25, 0.3) is 0 Å². The molecule has 1 aromatic carbocycles. The van der Waals surface area contributed by atoms with Crippen molar-refractivity contribution in [2.24, 2.45) is 11.7 Å². The van der Waals surface area contributed by atoms with Gasteiger partial charge in [-0.2, -0.15) is 0 Å². The van der Waals surface area contributed by atoms with Gasteiger partial charge in [0.15, 0.2) is 0 Å². The lowest BCUT2D eigenvalue weighted by atomic mass is 9.94. The molecule has 0 spiro atoms. The van der Waals surface area contributed by atoms with Crippen molar-refractivity contribution in [3.8, 4) is 0 Å². The van der Waals surface area contributed by atoms with Gasteiger partial charge in [-0.05, 0) is 42.2 Å². The van der Waals surface area contributed by atoms with Crippen molar-refractivity contribution in [2.75, 3.05) is 6.54 Å². The second-order valence-corrected chi connectivity index (χ2v) is 6.73. The summed E-state index contributed by atoms with van der Waals surface area (Å²) in [7, 11) is 0. The van der Waals surface area contributed by atoms with E-state index in [1.807, 2.05) is 11.8 Å². The van der Waals surface area contributed by atoms with E-state index < -0.39 is 0 Å². The van der Waals surface area contributed by atoms with Gasteiger partial charge in [-0.3, -0.25) is 0 Å². The zero-order chi connectivity index (χ0) is 13.5. The molecule has 0 unspecified atom stereocenters. The first kappa shape index (κ1) is 15.3. The molecule has 1 aromatic rings. The maximum Gasteiger partial charge on any atom is 0.00749 e. The van der Waals surface area contributed by atoms with E-state index in [9.17, 15) is 0 Å². The van der Waals surface area contributed by atoms with E-state index in [0.29, 0.717) is 11.2 Å². The van der Waals surface area contributed by atoms with Crippen LogP contribution in [0.3, 0.4) is 0 Å². The number of nitrogens with two attached hydrogens (primary N) is 1. The minimum atomic E-state index is 0.542. The largest absolute Gasteiger partial charge is 0.330 e. The first-order valence-electron chi connectivity index (χ1n) is 6.71. The Morgan fingerprint density at radius 2 is 1.78 bits per heavy atom. The lowest BCUT2D eigenvalue weighted by Crippen LogP contribution is -1.99. The van der Waals surface area contributed by atoms with Gasteiger partial charge in [0.1, 0.15) is 0 Å². The van der Waals surface area contributed by atoms with Crippen LogP contribution in [0.25, 0.3) is 5.57 Å². The standard InChI is InChI=1S/C16H25NS/c1-12(2)16(6-5-11-17)14-7-9-15(10-8-14)18-13(3)4/h6-10,12-13H,5,11,17H2,1-4H3/b16-6+. The highest BCUT2D eigenvalue weighted by molar-refractivity contribution is 7.99. The fraction of sp³-hybridized carbons (Fsp3) is 0.500. The Balaban J connectivity index is 2.87. The van der Waals surface area contributed by atoms with Gasteiger partial charge in [0.2, 0.25) is 0 Å². The van der Waals surface area contributed by atoms with Crippen LogP contribution in [-0.2, 0) is 0 Å². The summed E-state index contributed by atoms with van der Waals surface area (Å²) in [5, 5.41) is 0.633. The molecule has 0 aliphatic heterocycles. The smallest absolute Gasteiger partial charge is 0.00749 e. The van der Waals surface area contributed by atoms with Gasteiger partial charge in [-0.1, -0.05) is 45.9 Å². The highest BCUT2D eigenvalue weighted by Crippen LogP contribution is 2.28. The Kier molecular flexibility index (Phi) is 6.51. The molecule has 0 aliphatic carbocycles. The molecular weight excluding hydrogens is 238 g/mol. The van der Waals surface area contributed by atoms with Gasteiger partial charge in [0.05, 0.1) is 0 Å². The van der Waals surface area contributed by atoms with Crippen LogP contribution in [-0.4, -0.2) is 11.8 Å². The Labute approximate surface area is 116 Å². The highest BCUT2D eigenvalue weighted by atomic mass is 32.2. The van der Waals surface area contributed by atoms with E-state index in [-0.39, 0.29) is 0 Å². The van der Waals surface area contributed by atoms with Gasteiger partial charge in [0, 0.05) is 10.1 Å². The minimum Gasteiger partial charge on any atom is -0.330 e. The normalized spacial score (nSPS) is 12.5. The summed E-state index contributed by atoms with van der Waals surface area (Å²) in [4.78, 5) is 1.34. The Hall–Kier alpha value is -0.730. The first-order valence-corrected chi connectivity index (χ1v) is 7.59. The Morgan fingerprint density at radius 3 is 2.22 bits per heavy atom. The molecule has 0 radical (unpaired) electrons. The quantitative estimate of drug-likeness (QED) is 0.761. The molecule has 1 nitrogen and oxygen atoms in total. The monoisotopic (exact) mass is 263 g/mol. The van der Waals surface area contributed by atoms with Crippen LogP contribution >= 0.6 is 11.8 Å². The summed E-state index contributed by atoms with van der Waals surface area (Å²) in [5.41, 5.74) is 8.32. The van der Waals surface area contributed by atoms with E-state index in [1.165, 1.54) is 16.0 Å². The Morgan fingerprint density at radius 1 is 1.17 bits per heavy atom. The van der Waals surface area contributed by atoms with Crippen molar-refractivity contribution in [3.05, 3.63) is 35.9 Å². The van der Waals surface area contributed by atoms with Crippen molar-refractivity contribution in [1.82, 2.24) is 0 Å². The SMILES string of the molecule is CC(C)Sc1ccc(/C(=C/CCN)C(C)C)cc1. The van der Waals surface area contributed by atoms with Gasteiger partial charge in [-0.15, -0.1) is 11.8 Å². The number of hydrogen-bond acceptors (Lipinski definition) is 2. The van der Waals surface area contributed by atoms with Crippen LogP contribution < -0.4 is 5.73 Å². The molecule has 0 aromatic heterocycles. The molecule has 18 heavy (non-hydrogen) atoms. The number of allylic oxidation sites excluding steroid dienone is 1. The van der Waals surface area contributed by atoms with Crippen molar-refractivity contribution in [3.63, 3.8) is 0 Å². The molecule has 0 saturated heterocycles. The molecule has 0 amide bonds. The average Bonchev–Trinajstić information content (AvgIpc) is 2.30. The van der Waals surface area contributed by atoms with Gasteiger partial charge in [-0.25, -0.2) is 0 Å². The summed E-state index contributed by atoms with van der Waals surface area (Å²) >= 11 is 1.91. The zero-order valence-electron chi connectivity index (χ0n) is 11.9. The van der Waals surface area contributed by atoms with Crippen molar-refractivity contribution < 1.29 is 0 Å². The van der Waals surface area contributed by atoms with E-state index in [1.54, 1.807) is 0 Å². The van der Waals surface area contributed by atoms with Crippen molar-refractivity contribution in [1.29, 1.82) is 0 Å². The molecule has 0 heterocycles. The van der Waals surface area contributed by atoms with Crippen LogP contribution in [0.1, 0.15) is 39.7 Å². The lowest BCUT2D eigenvalue weighted by Gasteiger charge is -2.13. The topological polar surface area (TPSA) is 26.0 Å². The third-order valence-electron chi connectivity index (χ3n) is 2.71. The zero-order valence-corrected chi connectivity index (χ0v) is 12.8. The molecule has 2 N–H and O–H groups in total. The molecule has 0 aliphatic rings. The molecule has 2 heteroatoms.